The highest BCUT2D eigenvalue weighted by atomic mass is 35.5. The van der Waals surface area contributed by atoms with E-state index < -0.39 is 91.3 Å². The fourth-order valence-electron chi connectivity index (χ4n) is 8.06. The van der Waals surface area contributed by atoms with Gasteiger partial charge in [0.25, 0.3) is 0 Å². The molecule has 0 fully saturated rings. The van der Waals surface area contributed by atoms with E-state index in [0.29, 0.717) is 41.5 Å². The number of halogens is 18. The Morgan fingerprint density at radius 2 is 1.17 bits per heavy atom. The van der Waals surface area contributed by atoms with Crippen molar-refractivity contribution in [2.75, 3.05) is 18.0 Å². The normalized spacial score (nSPS) is 20.5. The predicted octanol–water partition coefficient (Wildman–Crippen LogP) is 14.7. The van der Waals surface area contributed by atoms with Crippen LogP contribution in [0.2, 0.25) is 0 Å². The third-order valence-corrected chi connectivity index (χ3v) is 12.3. The number of para-hydroxylation sites is 2. The average Bonchev–Trinajstić information content (AvgIpc) is 3.52. The summed E-state index contributed by atoms with van der Waals surface area (Å²) >= 11 is 6.85. The maximum absolute atomic E-state index is 14.9. The first kappa shape index (κ1) is 50.0. The maximum Gasteiger partial charge on any atom is 0.460 e. The summed E-state index contributed by atoms with van der Waals surface area (Å²) in [6.45, 7) is 3.90. The fourth-order valence-corrected chi connectivity index (χ4v) is 8.38. The number of alkyl halides is 17. The summed E-state index contributed by atoms with van der Waals surface area (Å²) in [6, 6.07) is 12.3. The second kappa shape index (κ2) is 16.1. The Morgan fingerprint density at radius 1 is 0.635 bits per heavy atom. The van der Waals surface area contributed by atoms with Crippen molar-refractivity contribution in [1.82, 2.24) is 0 Å². The molecule has 0 radical (unpaired) electrons. The zero-order valence-electron chi connectivity index (χ0n) is 34.1. The molecule has 0 atom stereocenters. The highest BCUT2D eigenvalue weighted by Crippen LogP contribution is 2.56. The van der Waals surface area contributed by atoms with E-state index in [0.717, 1.165) is 4.58 Å². The van der Waals surface area contributed by atoms with E-state index in [1.54, 1.807) is 52.0 Å². The molecular formula is C43H41ClF17N2+. The van der Waals surface area contributed by atoms with Crippen LogP contribution in [0.25, 0.3) is 0 Å². The molecule has 5 rings (SSSR count). The van der Waals surface area contributed by atoms with Gasteiger partial charge in [-0.3, -0.25) is 0 Å². The summed E-state index contributed by atoms with van der Waals surface area (Å²) in [4.78, 5) is 1.19. The van der Waals surface area contributed by atoms with Crippen LogP contribution >= 0.6 is 11.6 Å². The molecular weight excluding hydrogens is 903 g/mol. The Bertz CT molecular complexity index is 2240. The molecule has 0 spiro atoms. The van der Waals surface area contributed by atoms with Gasteiger partial charge in [-0.05, 0) is 62.0 Å². The van der Waals surface area contributed by atoms with Crippen molar-refractivity contribution in [2.45, 2.75) is 125 Å². The zero-order valence-corrected chi connectivity index (χ0v) is 34.8. The Morgan fingerprint density at radius 3 is 1.76 bits per heavy atom. The van der Waals surface area contributed by atoms with Gasteiger partial charge in [-0.15, -0.1) is 0 Å². The van der Waals surface area contributed by atoms with E-state index in [9.17, 15) is 74.6 Å². The highest BCUT2D eigenvalue weighted by molar-refractivity contribution is 6.32. The molecule has 63 heavy (non-hydrogen) atoms. The van der Waals surface area contributed by atoms with Crippen molar-refractivity contribution in [1.29, 1.82) is 0 Å². The van der Waals surface area contributed by atoms with Crippen molar-refractivity contribution in [2.24, 2.45) is 0 Å². The second-order valence-electron chi connectivity index (χ2n) is 16.8. The van der Waals surface area contributed by atoms with E-state index in [1.165, 1.54) is 53.5 Å². The molecule has 2 aromatic carbocycles. The smallest absolute Gasteiger partial charge is 0.344 e. The number of hydrogen-bond acceptors (Lipinski definition) is 1. The third kappa shape index (κ3) is 8.29. The van der Waals surface area contributed by atoms with Gasteiger partial charge >= 0.3 is 47.6 Å². The molecule has 0 unspecified atom stereocenters. The van der Waals surface area contributed by atoms with Gasteiger partial charge in [-0.2, -0.15) is 79.2 Å². The lowest BCUT2D eigenvalue weighted by atomic mass is 9.81. The van der Waals surface area contributed by atoms with Crippen LogP contribution in [0.5, 0.6) is 0 Å². The van der Waals surface area contributed by atoms with Gasteiger partial charge in [0.1, 0.15) is 0 Å². The average molecular weight is 944 g/mol. The number of fused-ring (bicyclic) bond motifs is 2. The fraction of sp³-hybridized carbons (Fsp3) is 0.512. The van der Waals surface area contributed by atoms with Crippen LogP contribution in [0.15, 0.2) is 94.7 Å². The van der Waals surface area contributed by atoms with E-state index >= 15 is 0 Å². The molecule has 348 valence electrons. The topological polar surface area (TPSA) is 6.25 Å². The highest BCUT2D eigenvalue weighted by Gasteiger charge is 2.82. The van der Waals surface area contributed by atoms with Gasteiger partial charge in [-0.1, -0.05) is 74.0 Å². The molecule has 0 amide bonds. The minimum atomic E-state index is -7.05. The van der Waals surface area contributed by atoms with E-state index in [4.69, 9.17) is 11.6 Å². The Balaban J connectivity index is 1.50. The summed E-state index contributed by atoms with van der Waals surface area (Å²) in [7, 11) is 0. The van der Waals surface area contributed by atoms with E-state index in [-0.39, 0.29) is 27.8 Å². The largest absolute Gasteiger partial charge is 0.460 e. The molecule has 3 aliphatic rings. The van der Waals surface area contributed by atoms with Crippen LogP contribution in [0, 0.1) is 0 Å². The Kier molecular flexibility index (Phi) is 12.8. The lowest BCUT2D eigenvalue weighted by Gasteiger charge is -2.36. The minimum absolute atomic E-state index is 0.143. The van der Waals surface area contributed by atoms with Crippen LogP contribution in [0.1, 0.15) is 77.8 Å². The molecule has 2 nitrogen and oxygen atoms in total. The van der Waals surface area contributed by atoms with Crippen molar-refractivity contribution < 1.29 is 79.2 Å². The predicted molar refractivity (Wildman–Crippen MR) is 204 cm³/mol. The molecule has 1 aliphatic carbocycles. The number of anilines is 1. The van der Waals surface area contributed by atoms with Gasteiger partial charge < -0.3 is 4.90 Å². The number of allylic oxidation sites excluding steroid dienone is 8. The third-order valence-electron chi connectivity index (χ3n) is 11.9. The van der Waals surface area contributed by atoms with Crippen molar-refractivity contribution in [3.05, 3.63) is 106 Å². The molecule has 2 aliphatic heterocycles. The summed E-state index contributed by atoms with van der Waals surface area (Å²) in [5.41, 5.74) is 0.667. The van der Waals surface area contributed by atoms with E-state index in [2.05, 4.69) is 0 Å². The van der Waals surface area contributed by atoms with Crippen molar-refractivity contribution in [3.63, 3.8) is 0 Å². The Labute approximate surface area is 356 Å². The first-order chi connectivity index (χ1) is 28.5. The van der Waals surface area contributed by atoms with Gasteiger partial charge in [0.15, 0.2) is 12.3 Å². The number of hydrogen-bond donors (Lipinski definition) is 0. The van der Waals surface area contributed by atoms with Crippen molar-refractivity contribution >= 4 is 28.7 Å². The first-order valence-electron chi connectivity index (χ1n) is 19.3. The molecule has 0 saturated carbocycles. The molecule has 0 bridgehead atoms. The first-order valence-corrected chi connectivity index (χ1v) is 19.7. The molecule has 0 aromatic heterocycles. The van der Waals surface area contributed by atoms with Gasteiger partial charge in [0.05, 0.1) is 11.8 Å². The summed E-state index contributed by atoms with van der Waals surface area (Å²) in [5.74, 6) is -43.6. The monoisotopic (exact) mass is 943 g/mol. The lowest BCUT2D eigenvalue weighted by molar-refractivity contribution is -0.454. The lowest BCUT2D eigenvalue weighted by Crippen LogP contribution is -2.61. The molecule has 0 N–H and O–H groups in total. The quantitative estimate of drug-likeness (QED) is 0.135. The van der Waals surface area contributed by atoms with Crippen LogP contribution in [0.3, 0.4) is 0 Å². The van der Waals surface area contributed by atoms with Crippen LogP contribution in [0.4, 0.5) is 86.0 Å². The van der Waals surface area contributed by atoms with Crippen LogP contribution in [-0.2, 0) is 10.8 Å². The number of nitrogens with zero attached hydrogens (tertiary/aromatic N) is 2. The maximum atomic E-state index is 14.9. The second-order valence-corrected chi connectivity index (χ2v) is 17.2. The Hall–Kier alpha value is -4.03. The summed E-state index contributed by atoms with van der Waals surface area (Å²) in [6.07, 6.45) is -4.10. The minimum Gasteiger partial charge on any atom is -0.344 e. The number of rotatable bonds is 14. The zero-order chi connectivity index (χ0) is 47.8. The molecule has 0 saturated heterocycles. The van der Waals surface area contributed by atoms with E-state index in [1.807, 2.05) is 0 Å². The summed E-state index contributed by atoms with van der Waals surface area (Å²) in [5, 5.41) is 0.143. The SMILES string of the molecule is CC1(C)C(/C=C/C2=C(Cl)C(=C/C=C3/N(CCC(F)(F)C(F)(F)C(F)(F)C(C)(F)F)c4ccccc4C3(C)C)/CCC2)=[N+](CCC(F)(F)C(F)(F)C(F)(F)C(F)(F)F)c2ccccc21. The standard InChI is InChI=1S/C43H41ClF17N2/c1-34(2)27-13-6-8-15-29(27)62(23-21-37(47,48)40(53,54)39(51,52)36(5,45)46)31(34)19-17-25-11-10-12-26(33(25)44)18-20-32-35(3,4)28-14-7-9-16-30(28)63(32)24-22-38(49,50)41(55,56)42(57,58)43(59,60)61/h6-9,13-20H,10-12,21-24H2,1-5H3/q+1. The molecule has 20 heteroatoms. The van der Waals surface area contributed by atoms with Crippen molar-refractivity contribution in [3.8, 4) is 0 Å². The van der Waals surface area contributed by atoms with Gasteiger partial charge in [0.2, 0.25) is 5.69 Å². The molecule has 2 aromatic rings. The number of benzene rings is 2. The van der Waals surface area contributed by atoms with Gasteiger partial charge in [-0.25, -0.2) is 0 Å². The summed E-state index contributed by atoms with van der Waals surface area (Å²) < 4.78 is 239. The molecule has 2 heterocycles. The van der Waals surface area contributed by atoms with Crippen LogP contribution in [-0.4, -0.2) is 71.0 Å². The van der Waals surface area contributed by atoms with Crippen LogP contribution < -0.4 is 4.90 Å². The van der Waals surface area contributed by atoms with Gasteiger partial charge in [0, 0.05) is 59.4 Å².